The number of esters is 1. The van der Waals surface area contributed by atoms with Crippen LogP contribution in [-0.4, -0.2) is 22.5 Å². The molecule has 0 aliphatic heterocycles. The molecule has 3 rings (SSSR count). The van der Waals surface area contributed by atoms with Crippen molar-refractivity contribution in [3.63, 3.8) is 0 Å². The second-order valence-corrected chi connectivity index (χ2v) is 9.62. The highest BCUT2D eigenvalue weighted by atomic mass is 16.6. The van der Waals surface area contributed by atoms with Crippen molar-refractivity contribution in [2.24, 2.45) is 11.8 Å². The van der Waals surface area contributed by atoms with Crippen LogP contribution in [-0.2, 0) is 16.1 Å². The quantitative estimate of drug-likeness (QED) is 0.498. The van der Waals surface area contributed by atoms with Crippen LogP contribution in [0.25, 0.3) is 0 Å². The number of hydrogen-bond donors (Lipinski definition) is 0. The van der Waals surface area contributed by atoms with E-state index in [-0.39, 0.29) is 24.0 Å². The summed E-state index contributed by atoms with van der Waals surface area (Å²) >= 11 is 0. The fourth-order valence-electron chi connectivity index (χ4n) is 4.86. The summed E-state index contributed by atoms with van der Waals surface area (Å²) in [5.41, 5.74) is 2.12. The first-order chi connectivity index (χ1) is 14.3. The second kappa shape index (κ2) is 9.78. The largest absolute Gasteiger partial charge is 0.460 e. The van der Waals surface area contributed by atoms with E-state index < -0.39 is 5.60 Å². The average Bonchev–Trinajstić information content (AvgIpc) is 3.16. The van der Waals surface area contributed by atoms with Gasteiger partial charge in [-0.15, -0.1) is 0 Å². The molecule has 0 heterocycles. The summed E-state index contributed by atoms with van der Waals surface area (Å²) in [6.07, 6.45) is 3.07. The van der Waals surface area contributed by atoms with Crippen molar-refractivity contribution < 1.29 is 9.53 Å². The predicted octanol–water partition coefficient (Wildman–Crippen LogP) is 6.40. The van der Waals surface area contributed by atoms with Crippen molar-refractivity contribution in [1.29, 1.82) is 0 Å². The van der Waals surface area contributed by atoms with Crippen LogP contribution in [0.3, 0.4) is 0 Å². The van der Waals surface area contributed by atoms with Gasteiger partial charge in [-0.05, 0) is 57.6 Å². The van der Waals surface area contributed by atoms with Gasteiger partial charge in [0.05, 0.1) is 5.92 Å². The van der Waals surface area contributed by atoms with E-state index in [9.17, 15) is 4.79 Å². The van der Waals surface area contributed by atoms with Crippen LogP contribution in [0.15, 0.2) is 60.7 Å². The van der Waals surface area contributed by atoms with Gasteiger partial charge in [-0.2, -0.15) is 0 Å². The lowest BCUT2D eigenvalue weighted by Gasteiger charge is -2.40. The minimum absolute atomic E-state index is 0.0400. The molecule has 2 aromatic carbocycles. The van der Waals surface area contributed by atoms with Gasteiger partial charge in [-0.3, -0.25) is 9.69 Å². The number of carbonyl (C=O) groups is 1. The number of benzene rings is 2. The van der Waals surface area contributed by atoms with Crippen LogP contribution < -0.4 is 0 Å². The summed E-state index contributed by atoms with van der Waals surface area (Å²) in [4.78, 5) is 15.8. The van der Waals surface area contributed by atoms with Crippen LogP contribution in [0.5, 0.6) is 0 Å². The molecule has 0 amide bonds. The summed E-state index contributed by atoms with van der Waals surface area (Å²) in [7, 11) is 0. The maximum atomic E-state index is 13.2. The zero-order valence-electron chi connectivity index (χ0n) is 19.2. The molecule has 4 atom stereocenters. The number of nitrogens with zero attached hydrogens (tertiary/aromatic N) is 1. The van der Waals surface area contributed by atoms with Crippen LogP contribution in [0, 0.1) is 11.8 Å². The highest BCUT2D eigenvalue weighted by Crippen LogP contribution is 2.42. The maximum absolute atomic E-state index is 13.2. The van der Waals surface area contributed by atoms with E-state index in [1.807, 2.05) is 20.8 Å². The average molecular weight is 408 g/mol. The van der Waals surface area contributed by atoms with E-state index in [0.29, 0.717) is 5.92 Å². The first kappa shape index (κ1) is 22.6. The van der Waals surface area contributed by atoms with Gasteiger partial charge >= 0.3 is 5.97 Å². The zero-order valence-corrected chi connectivity index (χ0v) is 19.2. The third-order valence-electron chi connectivity index (χ3n) is 6.35. The van der Waals surface area contributed by atoms with Crippen LogP contribution >= 0.6 is 0 Å². The summed E-state index contributed by atoms with van der Waals surface area (Å²) in [5.74, 6) is 0.378. The number of rotatable bonds is 7. The van der Waals surface area contributed by atoms with Crippen LogP contribution in [0.2, 0.25) is 0 Å². The van der Waals surface area contributed by atoms with E-state index >= 15 is 0 Å². The molecule has 1 aliphatic rings. The van der Waals surface area contributed by atoms with Gasteiger partial charge in [-0.25, -0.2) is 0 Å². The van der Waals surface area contributed by atoms with Gasteiger partial charge in [0.2, 0.25) is 0 Å². The second-order valence-electron chi connectivity index (χ2n) is 9.62. The Morgan fingerprint density at radius 2 is 1.63 bits per heavy atom. The lowest BCUT2D eigenvalue weighted by atomic mass is 9.90. The van der Waals surface area contributed by atoms with Gasteiger partial charge < -0.3 is 4.74 Å². The number of carbonyl (C=O) groups excluding carboxylic acids is 1. The van der Waals surface area contributed by atoms with E-state index in [4.69, 9.17) is 4.74 Å². The number of hydrogen-bond acceptors (Lipinski definition) is 3. The van der Waals surface area contributed by atoms with Crippen LogP contribution in [0.1, 0.15) is 71.0 Å². The Morgan fingerprint density at radius 1 is 1.03 bits per heavy atom. The minimum atomic E-state index is -0.457. The van der Waals surface area contributed by atoms with Crippen molar-refractivity contribution in [3.8, 4) is 0 Å². The van der Waals surface area contributed by atoms with Gasteiger partial charge in [0.25, 0.3) is 0 Å². The fourth-order valence-corrected chi connectivity index (χ4v) is 4.86. The monoisotopic (exact) mass is 407 g/mol. The minimum Gasteiger partial charge on any atom is -0.460 e. The molecule has 162 valence electrons. The first-order valence-corrected chi connectivity index (χ1v) is 11.4. The van der Waals surface area contributed by atoms with Crippen molar-refractivity contribution in [1.82, 2.24) is 4.90 Å². The Bertz CT molecular complexity index is 797. The molecule has 1 fully saturated rings. The molecule has 0 spiro atoms. The molecule has 0 aromatic heterocycles. The zero-order chi connectivity index (χ0) is 21.7. The Morgan fingerprint density at radius 3 is 2.20 bits per heavy atom. The number of ether oxygens (including phenoxy) is 1. The van der Waals surface area contributed by atoms with Gasteiger partial charge in [0, 0.05) is 18.6 Å². The summed E-state index contributed by atoms with van der Waals surface area (Å²) in [6, 6.07) is 21.7. The van der Waals surface area contributed by atoms with Crippen molar-refractivity contribution in [2.45, 2.75) is 78.1 Å². The van der Waals surface area contributed by atoms with Gasteiger partial charge in [0.15, 0.2) is 0 Å². The van der Waals surface area contributed by atoms with Crippen molar-refractivity contribution in [3.05, 3.63) is 71.8 Å². The molecule has 3 heteroatoms. The SMILES string of the molecule is CC[C@H]1CC[C@@H](C(=O)OC(C)(C)C)[C@H]1N(Cc1ccccc1)[C@@H](C)c1ccccc1. The molecule has 0 unspecified atom stereocenters. The Balaban J connectivity index is 1.96. The summed E-state index contributed by atoms with van der Waals surface area (Å²) in [5, 5.41) is 0. The Kier molecular flexibility index (Phi) is 7.36. The van der Waals surface area contributed by atoms with Crippen molar-refractivity contribution >= 4 is 5.97 Å². The Labute approximate surface area is 182 Å². The standard InChI is InChI=1S/C27H37NO2/c1-6-22-17-18-24(26(29)30-27(3,4)5)25(22)28(19-21-13-9-7-10-14-21)20(2)23-15-11-8-12-16-23/h7-16,20,22,24-25H,6,17-19H2,1-5H3/t20-,22-,24+,25-/m0/s1. The molecule has 0 N–H and O–H groups in total. The van der Waals surface area contributed by atoms with E-state index in [2.05, 4.69) is 79.4 Å². The highest BCUT2D eigenvalue weighted by Gasteiger charge is 2.45. The van der Waals surface area contributed by atoms with E-state index in [1.54, 1.807) is 0 Å². The van der Waals surface area contributed by atoms with Crippen LogP contribution in [0.4, 0.5) is 0 Å². The van der Waals surface area contributed by atoms with E-state index in [1.165, 1.54) is 11.1 Å². The molecule has 1 saturated carbocycles. The molecular weight excluding hydrogens is 370 g/mol. The lowest BCUT2D eigenvalue weighted by molar-refractivity contribution is -0.162. The maximum Gasteiger partial charge on any atom is 0.311 e. The summed E-state index contributed by atoms with van der Waals surface area (Å²) < 4.78 is 5.86. The third-order valence-corrected chi connectivity index (χ3v) is 6.35. The topological polar surface area (TPSA) is 29.5 Å². The molecule has 0 bridgehead atoms. The fraction of sp³-hybridized carbons (Fsp3) is 0.519. The van der Waals surface area contributed by atoms with E-state index in [0.717, 1.165) is 25.8 Å². The molecule has 3 nitrogen and oxygen atoms in total. The third kappa shape index (κ3) is 5.51. The molecule has 0 radical (unpaired) electrons. The molecule has 30 heavy (non-hydrogen) atoms. The van der Waals surface area contributed by atoms with Crippen molar-refractivity contribution in [2.75, 3.05) is 0 Å². The Hall–Kier alpha value is -2.13. The smallest absolute Gasteiger partial charge is 0.311 e. The molecular formula is C27H37NO2. The molecule has 1 aliphatic carbocycles. The van der Waals surface area contributed by atoms with Gasteiger partial charge in [0.1, 0.15) is 5.60 Å². The molecule has 2 aromatic rings. The summed E-state index contributed by atoms with van der Waals surface area (Å²) in [6.45, 7) is 11.2. The van der Waals surface area contributed by atoms with Gasteiger partial charge in [-0.1, -0.05) is 74.0 Å². The predicted molar refractivity (Wildman–Crippen MR) is 123 cm³/mol. The normalized spacial score (nSPS) is 22.8. The first-order valence-electron chi connectivity index (χ1n) is 11.4. The lowest BCUT2D eigenvalue weighted by Crippen LogP contribution is -2.46. The highest BCUT2D eigenvalue weighted by molar-refractivity contribution is 5.74. The molecule has 0 saturated heterocycles.